The maximum atomic E-state index is 3.68. The molecule has 0 bridgehead atoms. The standard InChI is InChI=1S/C16H31N/c1-12-6-4-8-14(10-12)16(17-3)15-9-5-7-13(2)11-15/h12-17H,4-11H2,1-3H3. The van der Waals surface area contributed by atoms with E-state index in [4.69, 9.17) is 0 Å². The molecule has 0 aromatic rings. The highest BCUT2D eigenvalue weighted by Crippen LogP contribution is 2.38. The second-order valence-electron chi connectivity index (χ2n) is 6.88. The van der Waals surface area contributed by atoms with Crippen LogP contribution >= 0.6 is 0 Å². The van der Waals surface area contributed by atoms with E-state index in [1.54, 1.807) is 0 Å². The summed E-state index contributed by atoms with van der Waals surface area (Å²) in [6.45, 7) is 4.89. The molecule has 0 amide bonds. The minimum atomic E-state index is 0.806. The Morgan fingerprint density at radius 3 is 1.65 bits per heavy atom. The summed E-state index contributed by atoms with van der Waals surface area (Å²) in [5.74, 6) is 3.84. The minimum absolute atomic E-state index is 0.806. The second-order valence-corrected chi connectivity index (χ2v) is 6.88. The van der Waals surface area contributed by atoms with Gasteiger partial charge in [-0.2, -0.15) is 0 Å². The highest BCUT2D eigenvalue weighted by atomic mass is 14.9. The second kappa shape index (κ2) is 6.22. The van der Waals surface area contributed by atoms with Crippen LogP contribution in [0.2, 0.25) is 0 Å². The van der Waals surface area contributed by atoms with Gasteiger partial charge in [-0.3, -0.25) is 0 Å². The zero-order valence-corrected chi connectivity index (χ0v) is 12.0. The van der Waals surface area contributed by atoms with Crippen LogP contribution in [-0.2, 0) is 0 Å². The Morgan fingerprint density at radius 2 is 1.29 bits per heavy atom. The van der Waals surface area contributed by atoms with Crippen molar-refractivity contribution in [3.05, 3.63) is 0 Å². The largest absolute Gasteiger partial charge is 0.316 e. The van der Waals surface area contributed by atoms with E-state index in [2.05, 4.69) is 26.2 Å². The Kier molecular flexibility index (Phi) is 4.90. The molecule has 1 heteroatoms. The third kappa shape index (κ3) is 3.47. The van der Waals surface area contributed by atoms with Crippen molar-refractivity contribution in [3.8, 4) is 0 Å². The molecule has 0 aromatic carbocycles. The lowest BCUT2D eigenvalue weighted by molar-refractivity contribution is 0.141. The van der Waals surface area contributed by atoms with E-state index in [0.29, 0.717) is 0 Å². The molecule has 2 aliphatic carbocycles. The molecule has 0 radical (unpaired) electrons. The monoisotopic (exact) mass is 237 g/mol. The van der Waals surface area contributed by atoms with Crippen LogP contribution in [0.5, 0.6) is 0 Å². The summed E-state index contributed by atoms with van der Waals surface area (Å²) < 4.78 is 0. The molecule has 0 aromatic heterocycles. The fourth-order valence-corrected chi connectivity index (χ4v) is 4.47. The highest BCUT2D eigenvalue weighted by molar-refractivity contribution is 4.88. The molecular weight excluding hydrogens is 206 g/mol. The number of nitrogens with one attached hydrogen (secondary N) is 1. The van der Waals surface area contributed by atoms with Gasteiger partial charge in [-0.15, -0.1) is 0 Å². The molecule has 4 unspecified atom stereocenters. The molecule has 2 aliphatic rings. The third-order valence-electron chi connectivity index (χ3n) is 5.30. The molecule has 2 saturated carbocycles. The van der Waals surface area contributed by atoms with E-state index >= 15 is 0 Å². The van der Waals surface area contributed by atoms with Crippen molar-refractivity contribution >= 4 is 0 Å². The Labute approximate surface area is 108 Å². The average Bonchev–Trinajstić information content (AvgIpc) is 2.30. The molecule has 2 fully saturated rings. The van der Waals surface area contributed by atoms with Gasteiger partial charge in [0.15, 0.2) is 0 Å². The molecule has 17 heavy (non-hydrogen) atoms. The zero-order valence-electron chi connectivity index (χ0n) is 12.0. The molecule has 0 heterocycles. The number of hydrogen-bond donors (Lipinski definition) is 1. The van der Waals surface area contributed by atoms with Crippen molar-refractivity contribution < 1.29 is 0 Å². The molecular formula is C16H31N. The third-order valence-corrected chi connectivity index (χ3v) is 5.30. The summed E-state index contributed by atoms with van der Waals surface area (Å²) in [5, 5.41) is 3.68. The molecule has 1 N–H and O–H groups in total. The Morgan fingerprint density at radius 1 is 0.824 bits per heavy atom. The summed E-state index contributed by atoms with van der Waals surface area (Å²) in [6, 6.07) is 0.806. The van der Waals surface area contributed by atoms with E-state index in [0.717, 1.165) is 29.7 Å². The Bertz CT molecular complexity index is 204. The first-order chi connectivity index (χ1) is 8.20. The predicted octanol–water partition coefficient (Wildman–Crippen LogP) is 4.23. The first-order valence-electron chi connectivity index (χ1n) is 7.88. The highest BCUT2D eigenvalue weighted by Gasteiger charge is 2.33. The van der Waals surface area contributed by atoms with Gasteiger partial charge in [-0.05, 0) is 56.4 Å². The first-order valence-corrected chi connectivity index (χ1v) is 7.88. The molecule has 1 nitrogen and oxygen atoms in total. The van der Waals surface area contributed by atoms with Crippen LogP contribution in [0.15, 0.2) is 0 Å². The predicted molar refractivity (Wildman–Crippen MR) is 75.1 cm³/mol. The first kappa shape index (κ1) is 13.4. The van der Waals surface area contributed by atoms with Gasteiger partial charge in [0.25, 0.3) is 0 Å². The molecule has 100 valence electrons. The summed E-state index contributed by atoms with van der Waals surface area (Å²) >= 11 is 0. The summed E-state index contributed by atoms with van der Waals surface area (Å²) in [5.41, 5.74) is 0. The molecule has 0 saturated heterocycles. The van der Waals surface area contributed by atoms with Crippen LogP contribution in [0.1, 0.15) is 65.2 Å². The van der Waals surface area contributed by atoms with Crippen LogP contribution in [0.4, 0.5) is 0 Å². The summed E-state index contributed by atoms with van der Waals surface area (Å²) in [6.07, 6.45) is 11.7. The quantitative estimate of drug-likeness (QED) is 0.774. The fraction of sp³-hybridized carbons (Fsp3) is 1.00. The van der Waals surface area contributed by atoms with Gasteiger partial charge in [0, 0.05) is 6.04 Å². The van der Waals surface area contributed by atoms with Crippen LogP contribution < -0.4 is 5.32 Å². The van der Waals surface area contributed by atoms with Gasteiger partial charge in [0.2, 0.25) is 0 Å². The van der Waals surface area contributed by atoms with Gasteiger partial charge in [0.1, 0.15) is 0 Å². The lowest BCUT2D eigenvalue weighted by atomic mass is 9.70. The van der Waals surface area contributed by atoms with Crippen molar-refractivity contribution in [2.75, 3.05) is 7.05 Å². The molecule has 2 rings (SSSR count). The van der Waals surface area contributed by atoms with Crippen LogP contribution in [-0.4, -0.2) is 13.1 Å². The average molecular weight is 237 g/mol. The molecule has 4 atom stereocenters. The lowest BCUT2D eigenvalue weighted by Gasteiger charge is -2.40. The van der Waals surface area contributed by atoms with E-state index < -0.39 is 0 Å². The van der Waals surface area contributed by atoms with Crippen molar-refractivity contribution in [2.45, 2.75) is 71.3 Å². The van der Waals surface area contributed by atoms with Crippen LogP contribution in [0.25, 0.3) is 0 Å². The van der Waals surface area contributed by atoms with Gasteiger partial charge in [0.05, 0.1) is 0 Å². The lowest BCUT2D eigenvalue weighted by Crippen LogP contribution is -2.43. The number of hydrogen-bond acceptors (Lipinski definition) is 1. The van der Waals surface area contributed by atoms with Crippen molar-refractivity contribution in [1.29, 1.82) is 0 Å². The normalized spacial score (nSPS) is 41.1. The van der Waals surface area contributed by atoms with Gasteiger partial charge >= 0.3 is 0 Å². The van der Waals surface area contributed by atoms with E-state index in [1.807, 2.05) is 0 Å². The number of rotatable bonds is 3. The topological polar surface area (TPSA) is 12.0 Å². The molecule has 0 aliphatic heterocycles. The van der Waals surface area contributed by atoms with Crippen LogP contribution in [0, 0.1) is 23.7 Å². The Balaban J connectivity index is 1.94. The Hall–Kier alpha value is -0.0400. The molecule has 0 spiro atoms. The fourth-order valence-electron chi connectivity index (χ4n) is 4.47. The maximum absolute atomic E-state index is 3.68. The van der Waals surface area contributed by atoms with E-state index in [9.17, 15) is 0 Å². The van der Waals surface area contributed by atoms with Crippen molar-refractivity contribution in [3.63, 3.8) is 0 Å². The van der Waals surface area contributed by atoms with Crippen molar-refractivity contribution in [1.82, 2.24) is 5.32 Å². The summed E-state index contributed by atoms with van der Waals surface area (Å²) in [4.78, 5) is 0. The van der Waals surface area contributed by atoms with E-state index in [-0.39, 0.29) is 0 Å². The van der Waals surface area contributed by atoms with Crippen LogP contribution in [0.3, 0.4) is 0 Å². The SMILES string of the molecule is CNC(C1CCCC(C)C1)C1CCCC(C)C1. The maximum Gasteiger partial charge on any atom is 0.0121 e. The van der Waals surface area contributed by atoms with E-state index in [1.165, 1.54) is 51.4 Å². The van der Waals surface area contributed by atoms with Gasteiger partial charge in [-0.1, -0.05) is 39.5 Å². The van der Waals surface area contributed by atoms with Gasteiger partial charge in [-0.25, -0.2) is 0 Å². The smallest absolute Gasteiger partial charge is 0.0121 e. The van der Waals surface area contributed by atoms with Gasteiger partial charge < -0.3 is 5.32 Å². The van der Waals surface area contributed by atoms with Crippen molar-refractivity contribution in [2.24, 2.45) is 23.7 Å². The zero-order chi connectivity index (χ0) is 12.3. The minimum Gasteiger partial charge on any atom is -0.316 e. The summed E-state index contributed by atoms with van der Waals surface area (Å²) in [7, 11) is 2.20.